The summed E-state index contributed by atoms with van der Waals surface area (Å²) in [6.07, 6.45) is -6.45. The zero-order chi connectivity index (χ0) is 21.0. The van der Waals surface area contributed by atoms with Crippen molar-refractivity contribution in [1.29, 1.82) is 0 Å². The van der Waals surface area contributed by atoms with Crippen LogP contribution < -0.4 is 0 Å². The fourth-order valence-corrected chi connectivity index (χ4v) is 3.03. The lowest BCUT2D eigenvalue weighted by molar-refractivity contribution is -0.291. The number of aliphatic carboxylic acids is 1. The number of ether oxygens (including phenoxy) is 2. The molecule has 5 N–H and O–H groups in total. The summed E-state index contributed by atoms with van der Waals surface area (Å²) in [5, 5.41) is 48.4. The number of carbonyl (C=O) groups is 1. The van der Waals surface area contributed by atoms with Crippen LogP contribution in [0, 0.1) is 0 Å². The largest absolute Gasteiger partial charge is 0.475 e. The first-order valence-electron chi connectivity index (χ1n) is 8.98. The number of carboxylic acid groups (broad SMARTS) is 1. The van der Waals surface area contributed by atoms with Crippen molar-refractivity contribution in [3.8, 4) is 11.1 Å². The van der Waals surface area contributed by atoms with Crippen LogP contribution in [0.1, 0.15) is 5.56 Å². The Hall–Kier alpha value is -2.75. The van der Waals surface area contributed by atoms with Gasteiger partial charge in [-0.3, -0.25) is 0 Å². The zero-order valence-electron chi connectivity index (χ0n) is 15.3. The second kappa shape index (κ2) is 9.17. The van der Waals surface area contributed by atoms with Crippen LogP contribution in [0.2, 0.25) is 0 Å². The van der Waals surface area contributed by atoms with Gasteiger partial charge < -0.3 is 35.0 Å². The van der Waals surface area contributed by atoms with Gasteiger partial charge >= 0.3 is 5.97 Å². The van der Waals surface area contributed by atoms with Gasteiger partial charge in [0.25, 0.3) is 0 Å². The number of aliphatic hydroxyl groups is 4. The molecule has 0 aromatic heterocycles. The number of carboxylic acids is 1. The molecule has 154 valence electrons. The molecule has 1 fully saturated rings. The van der Waals surface area contributed by atoms with Crippen molar-refractivity contribution in [2.45, 2.75) is 30.7 Å². The van der Waals surface area contributed by atoms with Gasteiger partial charge in [0.05, 0.1) is 6.61 Å². The van der Waals surface area contributed by atoms with Crippen LogP contribution in [-0.2, 0) is 14.3 Å². The number of hydrogen-bond donors (Lipinski definition) is 5. The average molecular weight is 402 g/mol. The molecule has 0 unspecified atom stereocenters. The molecule has 5 atom stereocenters. The SMILES string of the molecule is O=C(O)C(=Cc1cccc(-c2ccccc2)c1)O[C@H]1O[C@@H](CO)[C@H](O)[C@@H](O)[C@@H]1O. The molecule has 1 heterocycles. The smallest absolute Gasteiger partial charge is 0.371 e. The van der Waals surface area contributed by atoms with Crippen molar-refractivity contribution in [2.75, 3.05) is 6.61 Å². The highest BCUT2D eigenvalue weighted by Crippen LogP contribution is 2.25. The third-order valence-corrected chi connectivity index (χ3v) is 4.59. The third kappa shape index (κ3) is 4.81. The summed E-state index contributed by atoms with van der Waals surface area (Å²) in [5.41, 5.74) is 2.36. The fourth-order valence-electron chi connectivity index (χ4n) is 3.03. The van der Waals surface area contributed by atoms with Gasteiger partial charge in [0.15, 0.2) is 0 Å². The first kappa shape index (κ1) is 21.0. The lowest BCUT2D eigenvalue weighted by atomic mass is 9.99. The Balaban J connectivity index is 1.85. The van der Waals surface area contributed by atoms with E-state index < -0.39 is 49.0 Å². The summed E-state index contributed by atoms with van der Waals surface area (Å²) in [7, 11) is 0. The topological polar surface area (TPSA) is 137 Å². The number of benzene rings is 2. The molecule has 0 spiro atoms. The molecule has 3 rings (SSSR count). The number of aliphatic hydroxyl groups excluding tert-OH is 4. The first-order chi connectivity index (χ1) is 13.9. The van der Waals surface area contributed by atoms with Crippen LogP contribution in [0.3, 0.4) is 0 Å². The van der Waals surface area contributed by atoms with Crippen molar-refractivity contribution in [3.63, 3.8) is 0 Å². The molecule has 2 aromatic carbocycles. The van der Waals surface area contributed by atoms with E-state index in [-0.39, 0.29) is 0 Å². The Bertz CT molecular complexity index is 864. The van der Waals surface area contributed by atoms with E-state index in [0.717, 1.165) is 11.1 Å². The summed E-state index contributed by atoms with van der Waals surface area (Å²) in [4.78, 5) is 11.6. The minimum Gasteiger partial charge on any atom is -0.475 e. The van der Waals surface area contributed by atoms with E-state index in [2.05, 4.69) is 0 Å². The Kier molecular flexibility index (Phi) is 6.63. The van der Waals surface area contributed by atoms with Gasteiger partial charge in [-0.05, 0) is 28.8 Å². The molecule has 1 saturated heterocycles. The van der Waals surface area contributed by atoms with E-state index in [4.69, 9.17) is 9.47 Å². The Labute approximate surface area is 166 Å². The van der Waals surface area contributed by atoms with Crippen molar-refractivity contribution in [2.24, 2.45) is 0 Å². The standard InChI is InChI=1S/C21H22O8/c22-11-16-17(23)18(24)19(25)21(29-16)28-15(20(26)27)10-12-5-4-8-14(9-12)13-6-2-1-3-7-13/h1-10,16-19,21-25H,11H2,(H,26,27)/t16-,17-,18+,19-,21-/m0/s1. The maximum atomic E-state index is 11.6. The molecule has 2 aromatic rings. The second-order valence-electron chi connectivity index (χ2n) is 6.62. The number of rotatable bonds is 6. The van der Waals surface area contributed by atoms with Crippen LogP contribution in [0.25, 0.3) is 17.2 Å². The highest BCUT2D eigenvalue weighted by Gasteiger charge is 2.45. The molecule has 0 aliphatic carbocycles. The van der Waals surface area contributed by atoms with Crippen molar-refractivity contribution < 1.29 is 39.8 Å². The van der Waals surface area contributed by atoms with Gasteiger partial charge in [-0.2, -0.15) is 0 Å². The molecule has 8 heteroatoms. The van der Waals surface area contributed by atoms with E-state index in [9.17, 15) is 30.3 Å². The van der Waals surface area contributed by atoms with Crippen LogP contribution >= 0.6 is 0 Å². The monoisotopic (exact) mass is 402 g/mol. The Morgan fingerprint density at radius 3 is 2.31 bits per heavy atom. The maximum absolute atomic E-state index is 11.6. The summed E-state index contributed by atoms with van der Waals surface area (Å²) in [6.45, 7) is -0.643. The maximum Gasteiger partial charge on any atom is 0.371 e. The normalized spacial score (nSPS) is 27.4. The Morgan fingerprint density at radius 1 is 0.966 bits per heavy atom. The van der Waals surface area contributed by atoms with Crippen molar-refractivity contribution >= 4 is 12.0 Å². The van der Waals surface area contributed by atoms with E-state index in [1.807, 2.05) is 36.4 Å². The third-order valence-electron chi connectivity index (χ3n) is 4.59. The summed E-state index contributed by atoms with van der Waals surface area (Å²) >= 11 is 0. The second-order valence-corrected chi connectivity index (χ2v) is 6.62. The quantitative estimate of drug-likeness (QED) is 0.350. The van der Waals surface area contributed by atoms with Gasteiger partial charge in [-0.15, -0.1) is 0 Å². The molecular weight excluding hydrogens is 380 g/mol. The predicted molar refractivity (Wildman–Crippen MR) is 102 cm³/mol. The molecule has 8 nitrogen and oxygen atoms in total. The lowest BCUT2D eigenvalue weighted by Crippen LogP contribution is -2.59. The molecular formula is C21H22O8. The fraction of sp³-hybridized carbons (Fsp3) is 0.286. The molecule has 29 heavy (non-hydrogen) atoms. The first-order valence-corrected chi connectivity index (χ1v) is 8.98. The molecule has 0 bridgehead atoms. The predicted octanol–water partition coefficient (Wildman–Crippen LogP) is 0.596. The number of hydrogen-bond acceptors (Lipinski definition) is 7. The van der Waals surface area contributed by atoms with Gasteiger partial charge in [-0.25, -0.2) is 4.79 Å². The van der Waals surface area contributed by atoms with Crippen molar-refractivity contribution in [3.05, 3.63) is 65.9 Å². The summed E-state index contributed by atoms with van der Waals surface area (Å²) < 4.78 is 10.5. The zero-order valence-corrected chi connectivity index (χ0v) is 15.3. The molecule has 1 aliphatic rings. The van der Waals surface area contributed by atoms with E-state index in [1.54, 1.807) is 18.2 Å². The van der Waals surface area contributed by atoms with Crippen LogP contribution in [-0.4, -0.2) is 68.8 Å². The van der Waals surface area contributed by atoms with E-state index >= 15 is 0 Å². The van der Waals surface area contributed by atoms with Gasteiger partial charge in [0, 0.05) is 0 Å². The molecule has 1 aliphatic heterocycles. The van der Waals surface area contributed by atoms with Gasteiger partial charge in [0.1, 0.15) is 24.4 Å². The van der Waals surface area contributed by atoms with Crippen LogP contribution in [0.4, 0.5) is 0 Å². The molecule has 0 saturated carbocycles. The average Bonchev–Trinajstić information content (AvgIpc) is 2.74. The van der Waals surface area contributed by atoms with Gasteiger partial charge in [0.2, 0.25) is 12.0 Å². The summed E-state index contributed by atoms with van der Waals surface area (Å²) in [5.74, 6) is -1.94. The summed E-state index contributed by atoms with van der Waals surface area (Å²) in [6, 6.07) is 16.6. The van der Waals surface area contributed by atoms with Gasteiger partial charge in [-0.1, -0.05) is 48.5 Å². The van der Waals surface area contributed by atoms with Crippen LogP contribution in [0.5, 0.6) is 0 Å². The minimum atomic E-state index is -1.70. The minimum absolute atomic E-state index is 0.528. The van der Waals surface area contributed by atoms with E-state index in [0.29, 0.717) is 5.56 Å². The molecule has 0 amide bonds. The van der Waals surface area contributed by atoms with Crippen LogP contribution in [0.15, 0.2) is 60.4 Å². The lowest BCUT2D eigenvalue weighted by Gasteiger charge is -2.39. The Morgan fingerprint density at radius 2 is 1.66 bits per heavy atom. The highest BCUT2D eigenvalue weighted by atomic mass is 16.7. The highest BCUT2D eigenvalue weighted by molar-refractivity contribution is 5.90. The molecule has 0 radical (unpaired) electrons. The van der Waals surface area contributed by atoms with Crippen molar-refractivity contribution in [1.82, 2.24) is 0 Å². The van der Waals surface area contributed by atoms with E-state index in [1.165, 1.54) is 6.08 Å².